The quantitative estimate of drug-likeness (QED) is 0.795. The van der Waals surface area contributed by atoms with Gasteiger partial charge in [0.1, 0.15) is 0 Å². The molecule has 1 aliphatic carbocycles. The lowest BCUT2D eigenvalue weighted by Gasteiger charge is -2.18. The van der Waals surface area contributed by atoms with Crippen LogP contribution in [0.25, 0.3) is 0 Å². The number of amides is 2. The molecule has 1 saturated carbocycles. The maximum Gasteiger partial charge on any atom is 0.231 e. The Bertz CT molecular complexity index is 540. The van der Waals surface area contributed by atoms with Gasteiger partial charge in [-0.1, -0.05) is 20.8 Å². The summed E-state index contributed by atoms with van der Waals surface area (Å²) in [6, 6.07) is 7.12. The maximum absolute atomic E-state index is 12.1. The topological polar surface area (TPSA) is 84.2 Å². The summed E-state index contributed by atoms with van der Waals surface area (Å²) in [6.07, 6.45) is 1.71. The standard InChI is InChI=1S/C16H23N3O2/c1-15(2,3)13(20)18-11-4-6-12(7-5-11)19-14(21)16(10-17)8-9-16/h4-7H,8-10,17H2,1-3H3,(H,18,20)(H,19,21). The van der Waals surface area contributed by atoms with E-state index in [4.69, 9.17) is 5.73 Å². The van der Waals surface area contributed by atoms with Crippen LogP contribution in [0.1, 0.15) is 33.6 Å². The van der Waals surface area contributed by atoms with Crippen molar-refractivity contribution in [1.82, 2.24) is 0 Å². The van der Waals surface area contributed by atoms with Crippen molar-refractivity contribution in [3.8, 4) is 0 Å². The number of carbonyl (C=O) groups is 2. The molecule has 0 heterocycles. The van der Waals surface area contributed by atoms with E-state index in [2.05, 4.69) is 10.6 Å². The summed E-state index contributed by atoms with van der Waals surface area (Å²) in [7, 11) is 0. The molecule has 5 heteroatoms. The fourth-order valence-electron chi connectivity index (χ4n) is 1.89. The summed E-state index contributed by atoms with van der Waals surface area (Å²) in [6.45, 7) is 5.97. The van der Waals surface area contributed by atoms with Crippen molar-refractivity contribution in [3.05, 3.63) is 24.3 Å². The Hall–Kier alpha value is -1.88. The first-order valence-corrected chi connectivity index (χ1v) is 7.20. The van der Waals surface area contributed by atoms with E-state index < -0.39 is 5.41 Å². The molecule has 4 N–H and O–H groups in total. The number of carbonyl (C=O) groups excluding carboxylic acids is 2. The van der Waals surface area contributed by atoms with Gasteiger partial charge in [0, 0.05) is 23.3 Å². The lowest BCUT2D eigenvalue weighted by molar-refractivity contribution is -0.123. The Balaban J connectivity index is 1.96. The average Bonchev–Trinajstić information content (AvgIpc) is 3.21. The van der Waals surface area contributed by atoms with Crippen molar-refractivity contribution in [2.24, 2.45) is 16.6 Å². The first-order valence-electron chi connectivity index (χ1n) is 7.20. The molecule has 0 radical (unpaired) electrons. The Morgan fingerprint density at radius 3 is 1.95 bits per heavy atom. The smallest absolute Gasteiger partial charge is 0.231 e. The molecular weight excluding hydrogens is 266 g/mol. The number of benzene rings is 1. The maximum atomic E-state index is 12.1. The highest BCUT2D eigenvalue weighted by Crippen LogP contribution is 2.45. The molecule has 2 rings (SSSR count). The number of hydrogen-bond acceptors (Lipinski definition) is 3. The molecule has 2 amide bonds. The summed E-state index contributed by atoms with van der Waals surface area (Å²) in [5, 5.41) is 5.72. The normalized spacial score (nSPS) is 16.2. The monoisotopic (exact) mass is 289 g/mol. The van der Waals surface area contributed by atoms with Gasteiger partial charge in [0.05, 0.1) is 5.41 Å². The zero-order valence-electron chi connectivity index (χ0n) is 12.8. The van der Waals surface area contributed by atoms with E-state index in [9.17, 15) is 9.59 Å². The van der Waals surface area contributed by atoms with Crippen LogP contribution in [0.4, 0.5) is 11.4 Å². The molecule has 0 bridgehead atoms. The van der Waals surface area contributed by atoms with Gasteiger partial charge in [-0.3, -0.25) is 9.59 Å². The predicted octanol–water partition coefficient (Wildman–Crippen LogP) is 2.35. The van der Waals surface area contributed by atoms with Gasteiger partial charge in [0.15, 0.2) is 0 Å². The minimum Gasteiger partial charge on any atom is -0.329 e. The molecule has 0 spiro atoms. The van der Waals surface area contributed by atoms with Gasteiger partial charge in [-0.05, 0) is 37.1 Å². The van der Waals surface area contributed by atoms with E-state index in [1.54, 1.807) is 24.3 Å². The van der Waals surface area contributed by atoms with E-state index in [1.165, 1.54) is 0 Å². The Morgan fingerprint density at radius 2 is 1.57 bits per heavy atom. The highest BCUT2D eigenvalue weighted by molar-refractivity contribution is 5.98. The Kier molecular flexibility index (Phi) is 4.05. The first-order chi connectivity index (χ1) is 9.77. The van der Waals surface area contributed by atoms with Crippen LogP contribution in [0.5, 0.6) is 0 Å². The van der Waals surface area contributed by atoms with Crippen LogP contribution in [0, 0.1) is 10.8 Å². The summed E-state index contributed by atoms with van der Waals surface area (Å²) >= 11 is 0. The zero-order valence-corrected chi connectivity index (χ0v) is 12.8. The van der Waals surface area contributed by atoms with Crippen molar-refractivity contribution in [3.63, 3.8) is 0 Å². The van der Waals surface area contributed by atoms with Gasteiger partial charge in [0.25, 0.3) is 0 Å². The lowest BCUT2D eigenvalue weighted by Crippen LogP contribution is -2.30. The number of nitrogens with two attached hydrogens (primary N) is 1. The van der Waals surface area contributed by atoms with E-state index >= 15 is 0 Å². The highest BCUT2D eigenvalue weighted by Gasteiger charge is 2.48. The third kappa shape index (κ3) is 3.61. The minimum atomic E-state index is -0.438. The van der Waals surface area contributed by atoms with Gasteiger partial charge in [-0.15, -0.1) is 0 Å². The fourth-order valence-corrected chi connectivity index (χ4v) is 1.89. The van der Waals surface area contributed by atoms with Crippen LogP contribution >= 0.6 is 0 Å². The second-order valence-corrected chi connectivity index (χ2v) is 6.72. The molecular formula is C16H23N3O2. The number of rotatable bonds is 4. The van der Waals surface area contributed by atoms with Crippen molar-refractivity contribution >= 4 is 23.2 Å². The van der Waals surface area contributed by atoms with Gasteiger partial charge >= 0.3 is 0 Å². The fraction of sp³-hybridized carbons (Fsp3) is 0.500. The third-order valence-electron chi connectivity index (χ3n) is 3.81. The largest absolute Gasteiger partial charge is 0.329 e. The Morgan fingerprint density at radius 1 is 1.10 bits per heavy atom. The minimum absolute atomic E-state index is 0.0172. The van der Waals surface area contributed by atoms with E-state index in [0.717, 1.165) is 12.8 Å². The number of nitrogens with one attached hydrogen (secondary N) is 2. The van der Waals surface area contributed by atoms with E-state index in [-0.39, 0.29) is 17.2 Å². The molecule has 0 aromatic heterocycles. The molecule has 0 saturated heterocycles. The molecule has 0 aliphatic heterocycles. The van der Waals surface area contributed by atoms with Crippen LogP contribution in [-0.2, 0) is 9.59 Å². The predicted molar refractivity (Wildman–Crippen MR) is 83.9 cm³/mol. The van der Waals surface area contributed by atoms with Gasteiger partial charge < -0.3 is 16.4 Å². The Labute approximate surface area is 125 Å². The average molecular weight is 289 g/mol. The lowest BCUT2D eigenvalue weighted by atomic mass is 9.95. The molecule has 0 unspecified atom stereocenters. The van der Waals surface area contributed by atoms with Crippen LogP contribution < -0.4 is 16.4 Å². The molecule has 5 nitrogen and oxygen atoms in total. The second-order valence-electron chi connectivity index (χ2n) is 6.72. The molecule has 1 aromatic carbocycles. The molecule has 0 atom stereocenters. The third-order valence-corrected chi connectivity index (χ3v) is 3.81. The summed E-state index contributed by atoms with van der Waals surface area (Å²) in [4.78, 5) is 23.9. The van der Waals surface area contributed by atoms with Crippen LogP contribution in [-0.4, -0.2) is 18.4 Å². The van der Waals surface area contributed by atoms with Crippen LogP contribution in [0.15, 0.2) is 24.3 Å². The number of hydrogen-bond donors (Lipinski definition) is 3. The number of anilines is 2. The summed E-state index contributed by atoms with van der Waals surface area (Å²) in [5.41, 5.74) is 6.27. The van der Waals surface area contributed by atoms with Gasteiger partial charge in [-0.25, -0.2) is 0 Å². The summed E-state index contributed by atoms with van der Waals surface area (Å²) < 4.78 is 0. The first kappa shape index (κ1) is 15.5. The van der Waals surface area contributed by atoms with E-state index in [0.29, 0.717) is 17.9 Å². The summed E-state index contributed by atoms with van der Waals surface area (Å²) in [5.74, 6) is -0.0594. The van der Waals surface area contributed by atoms with Gasteiger partial charge in [-0.2, -0.15) is 0 Å². The zero-order chi connectivity index (χ0) is 15.7. The van der Waals surface area contributed by atoms with Crippen LogP contribution in [0.2, 0.25) is 0 Å². The molecule has 114 valence electrons. The van der Waals surface area contributed by atoms with E-state index in [1.807, 2.05) is 20.8 Å². The van der Waals surface area contributed by atoms with Crippen molar-refractivity contribution < 1.29 is 9.59 Å². The van der Waals surface area contributed by atoms with Gasteiger partial charge in [0.2, 0.25) is 11.8 Å². The SMILES string of the molecule is CC(C)(C)C(=O)Nc1ccc(NC(=O)C2(CN)CC2)cc1. The molecule has 1 fully saturated rings. The highest BCUT2D eigenvalue weighted by atomic mass is 16.2. The van der Waals surface area contributed by atoms with Crippen LogP contribution in [0.3, 0.4) is 0 Å². The molecule has 1 aromatic rings. The molecule has 21 heavy (non-hydrogen) atoms. The second kappa shape index (κ2) is 5.48. The van der Waals surface area contributed by atoms with Crippen molar-refractivity contribution in [2.45, 2.75) is 33.6 Å². The van der Waals surface area contributed by atoms with Crippen molar-refractivity contribution in [1.29, 1.82) is 0 Å². The molecule has 1 aliphatic rings. The van der Waals surface area contributed by atoms with Crippen molar-refractivity contribution in [2.75, 3.05) is 17.2 Å².